The van der Waals surface area contributed by atoms with Crippen LogP contribution in [0.2, 0.25) is 0 Å². The van der Waals surface area contributed by atoms with E-state index in [-0.39, 0.29) is 6.10 Å². The molecule has 68 valence electrons. The van der Waals surface area contributed by atoms with Gasteiger partial charge in [0.2, 0.25) is 0 Å². The van der Waals surface area contributed by atoms with Gasteiger partial charge in [-0.15, -0.1) is 0 Å². The average molecular weight is 166 g/mol. The second-order valence-corrected chi connectivity index (χ2v) is 3.50. The van der Waals surface area contributed by atoms with E-state index in [1.54, 1.807) is 0 Å². The standard InChI is InChI=1S/C11H18O/c1-5-8(2)11-10(4)9(3)6-7-12-11/h5,11H,6-7H2,1-4H3/b8-5+/t11-/m0/s1. The molecule has 0 bridgehead atoms. The summed E-state index contributed by atoms with van der Waals surface area (Å²) in [6.45, 7) is 9.45. The molecule has 0 unspecified atom stereocenters. The van der Waals surface area contributed by atoms with Gasteiger partial charge in [0.1, 0.15) is 0 Å². The Morgan fingerprint density at radius 2 is 2.17 bits per heavy atom. The van der Waals surface area contributed by atoms with Gasteiger partial charge < -0.3 is 4.74 Å². The molecule has 0 aromatic heterocycles. The second-order valence-electron chi connectivity index (χ2n) is 3.50. The first kappa shape index (κ1) is 9.53. The molecule has 0 spiro atoms. The van der Waals surface area contributed by atoms with Crippen molar-refractivity contribution >= 4 is 0 Å². The van der Waals surface area contributed by atoms with Gasteiger partial charge in [0.15, 0.2) is 0 Å². The molecule has 12 heavy (non-hydrogen) atoms. The van der Waals surface area contributed by atoms with Gasteiger partial charge in [0.25, 0.3) is 0 Å². The lowest BCUT2D eigenvalue weighted by Crippen LogP contribution is -2.22. The molecule has 1 atom stereocenters. The number of hydrogen-bond donors (Lipinski definition) is 0. The first-order valence-electron chi connectivity index (χ1n) is 4.57. The molecule has 0 radical (unpaired) electrons. The van der Waals surface area contributed by atoms with E-state index in [9.17, 15) is 0 Å². The van der Waals surface area contributed by atoms with Gasteiger partial charge in [-0.1, -0.05) is 11.6 Å². The van der Waals surface area contributed by atoms with Gasteiger partial charge in [-0.25, -0.2) is 0 Å². The van der Waals surface area contributed by atoms with Crippen molar-refractivity contribution in [2.75, 3.05) is 6.61 Å². The maximum Gasteiger partial charge on any atom is 0.0993 e. The third kappa shape index (κ3) is 1.78. The maximum atomic E-state index is 5.69. The predicted octanol–water partition coefficient (Wildman–Crippen LogP) is 3.08. The van der Waals surface area contributed by atoms with E-state index < -0.39 is 0 Å². The maximum absolute atomic E-state index is 5.69. The zero-order valence-electron chi connectivity index (χ0n) is 8.48. The summed E-state index contributed by atoms with van der Waals surface area (Å²) < 4.78 is 5.69. The minimum absolute atomic E-state index is 0.253. The molecule has 1 heteroatoms. The molecule has 0 saturated heterocycles. The topological polar surface area (TPSA) is 9.23 Å². The van der Waals surface area contributed by atoms with Gasteiger partial charge in [0, 0.05) is 0 Å². The fourth-order valence-corrected chi connectivity index (χ4v) is 1.50. The number of ether oxygens (including phenoxy) is 1. The summed E-state index contributed by atoms with van der Waals surface area (Å²) in [5, 5.41) is 0. The zero-order chi connectivity index (χ0) is 9.14. The molecule has 0 aliphatic carbocycles. The average Bonchev–Trinajstić information content (AvgIpc) is 2.08. The molecule has 0 saturated carbocycles. The van der Waals surface area contributed by atoms with Gasteiger partial charge in [-0.05, 0) is 45.3 Å². The Labute approximate surface area is 75.1 Å². The van der Waals surface area contributed by atoms with Crippen LogP contribution in [0.15, 0.2) is 22.8 Å². The van der Waals surface area contributed by atoms with E-state index in [0.717, 1.165) is 13.0 Å². The Kier molecular flexibility index (Phi) is 3.10. The van der Waals surface area contributed by atoms with Crippen LogP contribution in [0.1, 0.15) is 34.1 Å². The number of hydrogen-bond acceptors (Lipinski definition) is 1. The van der Waals surface area contributed by atoms with E-state index in [2.05, 4.69) is 33.8 Å². The summed E-state index contributed by atoms with van der Waals surface area (Å²) in [5.74, 6) is 0. The van der Waals surface area contributed by atoms with Crippen LogP contribution in [-0.4, -0.2) is 12.7 Å². The summed E-state index contributed by atoms with van der Waals surface area (Å²) in [6.07, 6.45) is 3.48. The highest BCUT2D eigenvalue weighted by Gasteiger charge is 2.18. The molecule has 0 aromatic carbocycles. The molecule has 0 N–H and O–H groups in total. The predicted molar refractivity (Wildman–Crippen MR) is 52.2 cm³/mol. The van der Waals surface area contributed by atoms with Crippen LogP contribution in [0.3, 0.4) is 0 Å². The minimum Gasteiger partial charge on any atom is -0.369 e. The first-order chi connectivity index (χ1) is 5.66. The van der Waals surface area contributed by atoms with Crippen molar-refractivity contribution in [2.45, 2.75) is 40.2 Å². The molecular weight excluding hydrogens is 148 g/mol. The minimum atomic E-state index is 0.253. The molecule has 0 amide bonds. The monoisotopic (exact) mass is 166 g/mol. The Hall–Kier alpha value is -0.560. The highest BCUT2D eigenvalue weighted by atomic mass is 16.5. The molecule has 0 aromatic rings. The summed E-state index contributed by atoms with van der Waals surface area (Å²) >= 11 is 0. The third-order valence-corrected chi connectivity index (χ3v) is 2.70. The molecule has 1 rings (SSSR count). The molecule has 1 aliphatic heterocycles. The Morgan fingerprint density at radius 3 is 2.75 bits per heavy atom. The van der Waals surface area contributed by atoms with Crippen molar-refractivity contribution in [1.82, 2.24) is 0 Å². The number of rotatable bonds is 1. The quantitative estimate of drug-likeness (QED) is 0.544. The Balaban J connectivity index is 2.85. The van der Waals surface area contributed by atoms with Gasteiger partial charge in [0.05, 0.1) is 12.7 Å². The largest absolute Gasteiger partial charge is 0.369 e. The zero-order valence-corrected chi connectivity index (χ0v) is 8.48. The lowest BCUT2D eigenvalue weighted by atomic mass is 9.96. The Bertz CT molecular complexity index is 223. The number of allylic oxidation sites excluding steroid dienone is 1. The lowest BCUT2D eigenvalue weighted by Gasteiger charge is -2.26. The van der Waals surface area contributed by atoms with Crippen LogP contribution in [0.25, 0.3) is 0 Å². The molecule has 1 heterocycles. The van der Waals surface area contributed by atoms with E-state index in [1.165, 1.54) is 16.7 Å². The van der Waals surface area contributed by atoms with Crippen LogP contribution in [-0.2, 0) is 4.74 Å². The lowest BCUT2D eigenvalue weighted by molar-refractivity contribution is 0.0904. The highest BCUT2D eigenvalue weighted by molar-refractivity contribution is 5.26. The van der Waals surface area contributed by atoms with Crippen LogP contribution >= 0.6 is 0 Å². The molecule has 1 nitrogen and oxygen atoms in total. The normalized spacial score (nSPS) is 26.3. The molecule has 1 aliphatic rings. The summed E-state index contributed by atoms with van der Waals surface area (Å²) in [4.78, 5) is 0. The second kappa shape index (κ2) is 3.90. The van der Waals surface area contributed by atoms with Crippen LogP contribution in [0.5, 0.6) is 0 Å². The summed E-state index contributed by atoms with van der Waals surface area (Å²) in [5.41, 5.74) is 4.22. The van der Waals surface area contributed by atoms with Crippen molar-refractivity contribution in [1.29, 1.82) is 0 Å². The van der Waals surface area contributed by atoms with Gasteiger partial charge in [-0.2, -0.15) is 0 Å². The summed E-state index contributed by atoms with van der Waals surface area (Å²) in [6, 6.07) is 0. The fraction of sp³-hybridized carbons (Fsp3) is 0.636. The van der Waals surface area contributed by atoms with Crippen LogP contribution in [0.4, 0.5) is 0 Å². The van der Waals surface area contributed by atoms with Crippen LogP contribution < -0.4 is 0 Å². The van der Waals surface area contributed by atoms with E-state index >= 15 is 0 Å². The van der Waals surface area contributed by atoms with E-state index in [4.69, 9.17) is 4.74 Å². The van der Waals surface area contributed by atoms with Gasteiger partial charge >= 0.3 is 0 Å². The third-order valence-electron chi connectivity index (χ3n) is 2.70. The van der Waals surface area contributed by atoms with Crippen LogP contribution in [0, 0.1) is 0 Å². The van der Waals surface area contributed by atoms with Crippen molar-refractivity contribution in [3.8, 4) is 0 Å². The van der Waals surface area contributed by atoms with E-state index in [0.29, 0.717) is 0 Å². The van der Waals surface area contributed by atoms with Crippen molar-refractivity contribution in [2.24, 2.45) is 0 Å². The molecular formula is C11H18O. The highest BCUT2D eigenvalue weighted by Crippen LogP contribution is 2.25. The Morgan fingerprint density at radius 1 is 1.50 bits per heavy atom. The van der Waals surface area contributed by atoms with Crippen molar-refractivity contribution < 1.29 is 4.74 Å². The van der Waals surface area contributed by atoms with E-state index in [1.807, 2.05) is 0 Å². The summed E-state index contributed by atoms with van der Waals surface area (Å²) in [7, 11) is 0. The van der Waals surface area contributed by atoms with Crippen molar-refractivity contribution in [3.05, 3.63) is 22.8 Å². The first-order valence-corrected chi connectivity index (χ1v) is 4.57. The van der Waals surface area contributed by atoms with Crippen molar-refractivity contribution in [3.63, 3.8) is 0 Å². The fourth-order valence-electron chi connectivity index (χ4n) is 1.50. The smallest absolute Gasteiger partial charge is 0.0993 e. The van der Waals surface area contributed by atoms with Gasteiger partial charge in [-0.3, -0.25) is 0 Å². The molecule has 0 fully saturated rings. The SMILES string of the molecule is C/C=C(\C)[C@@H]1OCCC(C)=C1C.